The molecule has 1 aliphatic heterocycles. The number of benzene rings is 2. The van der Waals surface area contributed by atoms with E-state index in [-0.39, 0.29) is 13.3 Å². The summed E-state index contributed by atoms with van der Waals surface area (Å²) in [6, 6.07) is 10.7. The molecule has 0 aliphatic carbocycles. The van der Waals surface area contributed by atoms with Gasteiger partial charge in [0.05, 0.1) is 11.9 Å². The molecule has 2 aromatic carbocycles. The lowest BCUT2D eigenvalue weighted by Gasteiger charge is -2.28. The molecule has 0 spiro atoms. The Morgan fingerprint density at radius 1 is 1.19 bits per heavy atom. The summed E-state index contributed by atoms with van der Waals surface area (Å²) in [6.45, 7) is 1.94. The molecule has 3 rings (SSSR count). The van der Waals surface area contributed by atoms with E-state index in [1.807, 2.05) is 6.07 Å². The summed E-state index contributed by atoms with van der Waals surface area (Å²) in [5.74, 6) is 0.853. The normalized spacial score (nSPS) is 13.9. The second-order valence-electron chi connectivity index (χ2n) is 6.12. The number of anilines is 1. The molecule has 1 N–H and O–H groups in total. The fourth-order valence-corrected chi connectivity index (χ4v) is 4.09. The Balaban J connectivity index is 1.72. The van der Waals surface area contributed by atoms with Gasteiger partial charge in [0.2, 0.25) is 22.7 Å². The minimum Gasteiger partial charge on any atom is -0.454 e. The van der Waals surface area contributed by atoms with Crippen LogP contribution in [0.1, 0.15) is 12.5 Å². The average Bonchev–Trinajstić information content (AvgIpc) is 3.08. The van der Waals surface area contributed by atoms with Crippen LogP contribution in [-0.2, 0) is 21.4 Å². The molecule has 7 nitrogen and oxygen atoms in total. The number of sulfonamides is 1. The SMILES string of the molecule is C[C@H](C(=O)NCc1ccc2c(c1)OCO2)N(c1ccc(Cl)cc1)S(C)(=O)=O. The smallest absolute Gasteiger partial charge is 0.243 e. The summed E-state index contributed by atoms with van der Waals surface area (Å²) < 4.78 is 36.1. The Labute approximate surface area is 162 Å². The molecular formula is C18H19ClN2O5S. The predicted octanol–water partition coefficient (Wildman–Crippen LogP) is 2.54. The fourth-order valence-electron chi connectivity index (χ4n) is 2.78. The van der Waals surface area contributed by atoms with Crippen molar-refractivity contribution >= 4 is 33.2 Å². The van der Waals surface area contributed by atoms with Crippen molar-refractivity contribution in [1.29, 1.82) is 0 Å². The maximum absolute atomic E-state index is 12.6. The molecule has 0 fully saturated rings. The zero-order valence-corrected chi connectivity index (χ0v) is 16.4. The first-order chi connectivity index (χ1) is 12.8. The van der Waals surface area contributed by atoms with E-state index in [1.54, 1.807) is 36.4 Å². The van der Waals surface area contributed by atoms with Crippen molar-refractivity contribution in [2.75, 3.05) is 17.4 Å². The van der Waals surface area contributed by atoms with Gasteiger partial charge in [0.25, 0.3) is 0 Å². The second-order valence-corrected chi connectivity index (χ2v) is 8.41. The minimum absolute atomic E-state index is 0.173. The maximum Gasteiger partial charge on any atom is 0.243 e. The Morgan fingerprint density at radius 2 is 1.85 bits per heavy atom. The van der Waals surface area contributed by atoms with Crippen LogP contribution < -0.4 is 19.1 Å². The van der Waals surface area contributed by atoms with Crippen LogP contribution in [0, 0.1) is 0 Å². The number of halogens is 1. The molecule has 1 heterocycles. The van der Waals surface area contributed by atoms with Crippen molar-refractivity contribution in [1.82, 2.24) is 5.32 Å². The number of carbonyl (C=O) groups is 1. The summed E-state index contributed by atoms with van der Waals surface area (Å²) in [5.41, 5.74) is 1.19. The van der Waals surface area contributed by atoms with Gasteiger partial charge in [0, 0.05) is 11.6 Å². The molecular weight excluding hydrogens is 392 g/mol. The predicted molar refractivity (Wildman–Crippen MR) is 103 cm³/mol. The number of nitrogens with zero attached hydrogens (tertiary/aromatic N) is 1. The lowest BCUT2D eigenvalue weighted by Crippen LogP contribution is -2.47. The van der Waals surface area contributed by atoms with Crippen LogP contribution >= 0.6 is 11.6 Å². The molecule has 0 saturated carbocycles. The van der Waals surface area contributed by atoms with Gasteiger partial charge in [-0.05, 0) is 48.9 Å². The van der Waals surface area contributed by atoms with Crippen molar-refractivity contribution in [3.8, 4) is 11.5 Å². The third-order valence-corrected chi connectivity index (χ3v) is 5.57. The van der Waals surface area contributed by atoms with Crippen LogP contribution in [0.4, 0.5) is 5.69 Å². The van der Waals surface area contributed by atoms with E-state index >= 15 is 0 Å². The largest absolute Gasteiger partial charge is 0.454 e. The molecule has 0 radical (unpaired) electrons. The zero-order chi connectivity index (χ0) is 19.6. The molecule has 0 aromatic heterocycles. The number of carbonyl (C=O) groups excluding carboxylic acids is 1. The average molecular weight is 411 g/mol. The lowest BCUT2D eigenvalue weighted by molar-refractivity contribution is -0.122. The third kappa shape index (κ3) is 4.45. The molecule has 1 atom stereocenters. The van der Waals surface area contributed by atoms with Gasteiger partial charge in [-0.2, -0.15) is 0 Å². The van der Waals surface area contributed by atoms with E-state index < -0.39 is 22.0 Å². The Bertz CT molecular complexity index is 947. The molecule has 1 amide bonds. The molecule has 2 aromatic rings. The zero-order valence-electron chi connectivity index (χ0n) is 14.8. The van der Waals surface area contributed by atoms with Crippen molar-refractivity contribution < 1.29 is 22.7 Å². The van der Waals surface area contributed by atoms with E-state index in [1.165, 1.54) is 6.92 Å². The minimum atomic E-state index is -3.67. The van der Waals surface area contributed by atoms with E-state index in [0.717, 1.165) is 16.1 Å². The highest BCUT2D eigenvalue weighted by molar-refractivity contribution is 7.92. The number of amides is 1. The summed E-state index contributed by atoms with van der Waals surface area (Å²) in [7, 11) is -3.67. The quantitative estimate of drug-likeness (QED) is 0.791. The van der Waals surface area contributed by atoms with Crippen LogP contribution in [0.15, 0.2) is 42.5 Å². The highest BCUT2D eigenvalue weighted by atomic mass is 35.5. The van der Waals surface area contributed by atoms with Gasteiger partial charge in [0.1, 0.15) is 6.04 Å². The van der Waals surface area contributed by atoms with Gasteiger partial charge in [-0.3, -0.25) is 9.10 Å². The standard InChI is InChI=1S/C18H19ClN2O5S/c1-12(21(27(2,23)24)15-6-4-14(19)5-7-15)18(22)20-10-13-3-8-16-17(9-13)26-11-25-16/h3-9,12H,10-11H2,1-2H3,(H,20,22)/t12-/m1/s1. The van der Waals surface area contributed by atoms with Crippen molar-refractivity contribution in [2.45, 2.75) is 19.5 Å². The summed E-state index contributed by atoms with van der Waals surface area (Å²) >= 11 is 5.86. The van der Waals surface area contributed by atoms with Crippen LogP contribution in [0.3, 0.4) is 0 Å². The number of nitrogens with one attached hydrogen (secondary N) is 1. The Hall–Kier alpha value is -2.45. The number of hydrogen-bond acceptors (Lipinski definition) is 5. The maximum atomic E-state index is 12.6. The number of fused-ring (bicyclic) bond motifs is 1. The highest BCUT2D eigenvalue weighted by Crippen LogP contribution is 2.32. The van der Waals surface area contributed by atoms with Crippen LogP contribution in [0.2, 0.25) is 5.02 Å². The van der Waals surface area contributed by atoms with E-state index in [2.05, 4.69) is 5.32 Å². The third-order valence-electron chi connectivity index (χ3n) is 4.07. The first kappa shape index (κ1) is 19.3. The molecule has 0 bridgehead atoms. The Kier molecular flexibility index (Phi) is 5.48. The molecule has 0 saturated heterocycles. The summed E-state index contributed by atoms with van der Waals surface area (Å²) in [5, 5.41) is 3.23. The lowest BCUT2D eigenvalue weighted by atomic mass is 10.2. The molecule has 144 valence electrons. The van der Waals surface area contributed by atoms with E-state index in [0.29, 0.717) is 22.2 Å². The highest BCUT2D eigenvalue weighted by Gasteiger charge is 2.29. The Morgan fingerprint density at radius 3 is 2.52 bits per heavy atom. The van der Waals surface area contributed by atoms with Gasteiger partial charge in [-0.1, -0.05) is 17.7 Å². The molecule has 1 aliphatic rings. The van der Waals surface area contributed by atoms with Gasteiger partial charge < -0.3 is 14.8 Å². The van der Waals surface area contributed by atoms with Crippen molar-refractivity contribution in [3.63, 3.8) is 0 Å². The fraction of sp³-hybridized carbons (Fsp3) is 0.278. The van der Waals surface area contributed by atoms with Crippen molar-refractivity contribution in [2.24, 2.45) is 0 Å². The first-order valence-corrected chi connectivity index (χ1v) is 10.4. The van der Waals surface area contributed by atoms with Gasteiger partial charge >= 0.3 is 0 Å². The van der Waals surface area contributed by atoms with Crippen molar-refractivity contribution in [3.05, 3.63) is 53.1 Å². The van der Waals surface area contributed by atoms with E-state index in [9.17, 15) is 13.2 Å². The first-order valence-electron chi connectivity index (χ1n) is 8.17. The summed E-state index contributed by atoms with van der Waals surface area (Å²) in [6.07, 6.45) is 1.06. The van der Waals surface area contributed by atoms with Crippen LogP contribution in [0.5, 0.6) is 11.5 Å². The van der Waals surface area contributed by atoms with E-state index in [4.69, 9.17) is 21.1 Å². The monoisotopic (exact) mass is 410 g/mol. The topological polar surface area (TPSA) is 84.9 Å². The van der Waals surface area contributed by atoms with Gasteiger partial charge in [-0.25, -0.2) is 8.42 Å². The summed E-state index contributed by atoms with van der Waals surface area (Å²) in [4.78, 5) is 12.6. The van der Waals surface area contributed by atoms with Crippen LogP contribution in [-0.4, -0.2) is 33.4 Å². The molecule has 27 heavy (non-hydrogen) atoms. The number of rotatable bonds is 6. The van der Waals surface area contributed by atoms with Gasteiger partial charge in [-0.15, -0.1) is 0 Å². The number of hydrogen-bond donors (Lipinski definition) is 1. The molecule has 0 unspecified atom stereocenters. The molecule has 9 heteroatoms. The van der Waals surface area contributed by atoms with Gasteiger partial charge in [0.15, 0.2) is 11.5 Å². The van der Waals surface area contributed by atoms with Crippen LogP contribution in [0.25, 0.3) is 0 Å². The number of ether oxygens (including phenoxy) is 2. The second kappa shape index (κ2) is 7.66.